The van der Waals surface area contributed by atoms with Gasteiger partial charge in [0.05, 0.1) is 29.1 Å². The fourth-order valence-electron chi connectivity index (χ4n) is 4.11. The van der Waals surface area contributed by atoms with Crippen LogP contribution >= 0.6 is 0 Å². The van der Waals surface area contributed by atoms with E-state index in [-0.39, 0.29) is 29.8 Å². The Morgan fingerprint density at radius 3 is 2.29 bits per heavy atom. The second-order valence-corrected chi connectivity index (χ2v) is 8.51. The highest BCUT2D eigenvalue weighted by molar-refractivity contribution is 5.95. The lowest BCUT2D eigenvalue weighted by Gasteiger charge is -2.23. The van der Waals surface area contributed by atoms with E-state index in [1.807, 2.05) is 37.3 Å². The number of ether oxygens (including phenoxy) is 1. The molecule has 0 bridgehead atoms. The van der Waals surface area contributed by atoms with E-state index in [4.69, 9.17) is 9.84 Å². The van der Waals surface area contributed by atoms with Crippen molar-refractivity contribution in [2.24, 2.45) is 0 Å². The number of rotatable bonds is 8. The summed E-state index contributed by atoms with van der Waals surface area (Å²) in [6, 6.07) is 21.6. The third kappa shape index (κ3) is 4.67. The Labute approximate surface area is 202 Å². The summed E-state index contributed by atoms with van der Waals surface area (Å²) in [7, 11) is 0. The normalized spacial score (nSPS) is 13.0. The molecule has 0 N–H and O–H groups in total. The molecule has 1 heterocycles. The van der Waals surface area contributed by atoms with Crippen LogP contribution in [-0.2, 0) is 13.0 Å². The first-order chi connectivity index (χ1) is 17.1. The first kappa shape index (κ1) is 22.8. The minimum absolute atomic E-state index is 0.00759. The summed E-state index contributed by atoms with van der Waals surface area (Å²) < 4.78 is 36.8. The number of benzene rings is 3. The number of hydrogen-bond donors (Lipinski definition) is 0. The zero-order valence-corrected chi connectivity index (χ0v) is 19.3. The average molecular weight is 474 g/mol. The van der Waals surface area contributed by atoms with Gasteiger partial charge in [0.25, 0.3) is 5.91 Å². The summed E-state index contributed by atoms with van der Waals surface area (Å²) in [5, 5.41) is 4.76. The number of nitrogens with zero attached hydrogens (tertiary/aromatic N) is 3. The summed E-state index contributed by atoms with van der Waals surface area (Å²) >= 11 is 0. The Morgan fingerprint density at radius 1 is 0.971 bits per heavy atom. The molecule has 0 unspecified atom stereocenters. The van der Waals surface area contributed by atoms with Crippen molar-refractivity contribution in [3.05, 3.63) is 107 Å². The number of hydrogen-bond acceptors (Lipinski definition) is 3. The van der Waals surface area contributed by atoms with Crippen molar-refractivity contribution in [3.8, 4) is 17.3 Å². The van der Waals surface area contributed by atoms with E-state index in [2.05, 4.69) is 0 Å². The van der Waals surface area contributed by atoms with Crippen LogP contribution in [-0.4, -0.2) is 26.6 Å². The molecular weight excluding hydrogens is 448 g/mol. The van der Waals surface area contributed by atoms with Crippen molar-refractivity contribution in [2.75, 3.05) is 0 Å². The quantitative estimate of drug-likeness (QED) is 0.301. The van der Waals surface area contributed by atoms with Crippen LogP contribution in [0, 0.1) is 11.6 Å². The lowest BCUT2D eigenvalue weighted by Crippen LogP contribution is -2.33. The van der Waals surface area contributed by atoms with Crippen LogP contribution in [0.3, 0.4) is 0 Å². The molecule has 1 amide bonds. The van der Waals surface area contributed by atoms with Gasteiger partial charge >= 0.3 is 0 Å². The standard InChI is InChI=1S/C28H25F2N3O2/c1-2-25-22(18-32(19-16-17-19)27(34)21-12-6-7-13-23(21)29)28(35-26-15-9-8-14-24(26)30)33(31-25)20-10-4-3-5-11-20/h3-15,19H,2,16-18H2,1H3. The first-order valence-corrected chi connectivity index (χ1v) is 11.7. The van der Waals surface area contributed by atoms with Gasteiger partial charge in [0.15, 0.2) is 11.6 Å². The number of halogens is 2. The highest BCUT2D eigenvalue weighted by Gasteiger charge is 2.36. The van der Waals surface area contributed by atoms with Gasteiger partial charge in [-0.25, -0.2) is 13.5 Å². The molecule has 1 aliphatic rings. The lowest BCUT2D eigenvalue weighted by atomic mass is 10.1. The fourth-order valence-corrected chi connectivity index (χ4v) is 4.11. The van der Waals surface area contributed by atoms with E-state index < -0.39 is 11.6 Å². The number of aryl methyl sites for hydroxylation is 1. The summed E-state index contributed by atoms with van der Waals surface area (Å²) in [6.45, 7) is 2.14. The Morgan fingerprint density at radius 2 is 1.63 bits per heavy atom. The molecule has 0 radical (unpaired) electrons. The zero-order valence-electron chi connectivity index (χ0n) is 19.3. The molecule has 35 heavy (non-hydrogen) atoms. The molecule has 1 fully saturated rings. The van der Waals surface area contributed by atoms with Crippen molar-refractivity contribution in [1.29, 1.82) is 0 Å². The molecule has 1 aromatic heterocycles. The molecule has 0 atom stereocenters. The lowest BCUT2D eigenvalue weighted by molar-refractivity contribution is 0.0724. The average Bonchev–Trinajstić information content (AvgIpc) is 3.66. The van der Waals surface area contributed by atoms with E-state index >= 15 is 0 Å². The van der Waals surface area contributed by atoms with Gasteiger partial charge in [-0.15, -0.1) is 0 Å². The Kier molecular flexibility index (Phi) is 6.31. The smallest absolute Gasteiger partial charge is 0.257 e. The molecule has 4 aromatic rings. The van der Waals surface area contributed by atoms with E-state index in [1.54, 1.807) is 39.9 Å². The number of carbonyl (C=O) groups is 1. The van der Waals surface area contributed by atoms with Gasteiger partial charge in [-0.3, -0.25) is 4.79 Å². The van der Waals surface area contributed by atoms with E-state index in [1.165, 1.54) is 18.2 Å². The van der Waals surface area contributed by atoms with Gasteiger partial charge < -0.3 is 9.64 Å². The Balaban J connectivity index is 1.60. The second kappa shape index (κ2) is 9.70. The second-order valence-electron chi connectivity index (χ2n) is 8.51. The molecule has 7 heteroatoms. The maximum atomic E-state index is 14.6. The van der Waals surface area contributed by atoms with Gasteiger partial charge in [0.2, 0.25) is 5.88 Å². The van der Waals surface area contributed by atoms with Crippen LogP contribution in [0.2, 0.25) is 0 Å². The summed E-state index contributed by atoms with van der Waals surface area (Å²) in [6.07, 6.45) is 2.27. The molecule has 0 saturated heterocycles. The SMILES string of the molecule is CCc1nn(-c2ccccc2)c(Oc2ccccc2F)c1CN(C(=O)c1ccccc1F)C1CC1. The predicted octanol–water partition coefficient (Wildman–Crippen LogP) is 6.31. The molecule has 0 spiro atoms. The largest absolute Gasteiger partial charge is 0.435 e. The fraction of sp³-hybridized carbons (Fsp3) is 0.214. The molecule has 1 saturated carbocycles. The number of carbonyl (C=O) groups excluding carboxylic acids is 1. The third-order valence-electron chi connectivity index (χ3n) is 6.08. The highest BCUT2D eigenvalue weighted by atomic mass is 19.1. The van der Waals surface area contributed by atoms with Crippen LogP contribution in [0.25, 0.3) is 5.69 Å². The van der Waals surface area contributed by atoms with E-state index in [0.29, 0.717) is 17.9 Å². The number of aromatic nitrogens is 2. The van der Waals surface area contributed by atoms with Crippen molar-refractivity contribution >= 4 is 5.91 Å². The van der Waals surface area contributed by atoms with Crippen LogP contribution in [0.4, 0.5) is 8.78 Å². The van der Waals surface area contributed by atoms with Gasteiger partial charge in [0.1, 0.15) is 5.82 Å². The molecule has 178 valence electrons. The molecule has 3 aromatic carbocycles. The highest BCUT2D eigenvalue weighted by Crippen LogP contribution is 2.36. The number of para-hydroxylation sites is 2. The van der Waals surface area contributed by atoms with E-state index in [0.717, 1.165) is 24.2 Å². The van der Waals surface area contributed by atoms with Gasteiger partial charge in [-0.05, 0) is 55.7 Å². The molecule has 1 aliphatic carbocycles. The Hall–Kier alpha value is -4.00. The first-order valence-electron chi connectivity index (χ1n) is 11.7. The van der Waals surface area contributed by atoms with Crippen molar-refractivity contribution in [2.45, 2.75) is 38.8 Å². The maximum Gasteiger partial charge on any atom is 0.257 e. The third-order valence-corrected chi connectivity index (χ3v) is 6.08. The minimum atomic E-state index is -0.554. The molecule has 5 nitrogen and oxygen atoms in total. The van der Waals surface area contributed by atoms with Crippen molar-refractivity contribution in [1.82, 2.24) is 14.7 Å². The van der Waals surface area contributed by atoms with Crippen LogP contribution in [0.5, 0.6) is 11.6 Å². The summed E-state index contributed by atoms with van der Waals surface area (Å²) in [4.78, 5) is 15.1. The topological polar surface area (TPSA) is 47.4 Å². The Bertz CT molecular complexity index is 1350. The van der Waals surface area contributed by atoms with Gasteiger partial charge in [-0.2, -0.15) is 5.10 Å². The summed E-state index contributed by atoms with van der Waals surface area (Å²) in [5.74, 6) is -1.03. The molecule has 5 rings (SSSR count). The van der Waals surface area contributed by atoms with Crippen molar-refractivity contribution in [3.63, 3.8) is 0 Å². The van der Waals surface area contributed by atoms with Gasteiger partial charge in [-0.1, -0.05) is 49.4 Å². The monoisotopic (exact) mass is 473 g/mol. The molecular formula is C28H25F2N3O2. The van der Waals surface area contributed by atoms with Crippen LogP contribution in [0.1, 0.15) is 41.4 Å². The maximum absolute atomic E-state index is 14.6. The predicted molar refractivity (Wildman–Crippen MR) is 129 cm³/mol. The molecule has 0 aliphatic heterocycles. The van der Waals surface area contributed by atoms with E-state index in [9.17, 15) is 13.6 Å². The zero-order chi connectivity index (χ0) is 24.4. The minimum Gasteiger partial charge on any atom is -0.435 e. The van der Waals surface area contributed by atoms with Crippen LogP contribution < -0.4 is 4.74 Å². The number of amides is 1. The summed E-state index contributed by atoms with van der Waals surface area (Å²) in [5.41, 5.74) is 2.19. The van der Waals surface area contributed by atoms with Crippen LogP contribution in [0.15, 0.2) is 78.9 Å². The van der Waals surface area contributed by atoms with Gasteiger partial charge in [0, 0.05) is 6.04 Å². The van der Waals surface area contributed by atoms with Crippen molar-refractivity contribution < 1.29 is 18.3 Å².